The first-order valence-corrected chi connectivity index (χ1v) is 6.35. The molecule has 0 bridgehead atoms. The molecule has 2 aromatic rings. The van der Waals surface area contributed by atoms with Gasteiger partial charge >= 0.3 is 0 Å². The van der Waals surface area contributed by atoms with Crippen molar-refractivity contribution < 1.29 is 4.74 Å². The van der Waals surface area contributed by atoms with Gasteiger partial charge in [-0.2, -0.15) is 0 Å². The molecule has 3 heterocycles. The molecule has 0 radical (unpaired) electrons. The first-order chi connectivity index (χ1) is 8.43. The molecule has 0 unspecified atom stereocenters. The summed E-state index contributed by atoms with van der Waals surface area (Å²) < 4.78 is 5.54. The lowest BCUT2D eigenvalue weighted by molar-refractivity contribution is -0.0533. The highest BCUT2D eigenvalue weighted by molar-refractivity contribution is 5.85. The molecule has 1 atom stereocenters. The predicted molar refractivity (Wildman–Crippen MR) is 66.9 cm³/mol. The smallest absolute Gasteiger partial charge is 0.0995 e. The molecular weight excluding hydrogens is 212 g/mol. The topological polar surface area (TPSA) is 28.3 Å². The summed E-state index contributed by atoms with van der Waals surface area (Å²) in [5, 5.41) is 1.41. The molecule has 3 heteroatoms. The van der Waals surface area contributed by atoms with Crippen LogP contribution in [0.25, 0.3) is 10.9 Å². The fourth-order valence-corrected chi connectivity index (χ4v) is 3.23. The molecule has 0 amide bonds. The number of hydrogen-bond acceptors (Lipinski definition) is 2. The van der Waals surface area contributed by atoms with E-state index in [1.54, 1.807) is 0 Å². The van der Waals surface area contributed by atoms with Crippen molar-refractivity contribution in [1.29, 1.82) is 0 Å². The molecular formula is C14H16N2O. The molecule has 0 aliphatic carbocycles. The lowest BCUT2D eigenvalue weighted by Crippen LogP contribution is -2.41. The highest BCUT2D eigenvalue weighted by Crippen LogP contribution is 2.37. The molecule has 0 spiro atoms. The average Bonchev–Trinajstić information content (AvgIpc) is 2.78. The van der Waals surface area contributed by atoms with Gasteiger partial charge in [-0.25, -0.2) is 0 Å². The summed E-state index contributed by atoms with van der Waals surface area (Å²) in [5.41, 5.74) is 4.25. The van der Waals surface area contributed by atoms with E-state index in [-0.39, 0.29) is 0 Å². The number of aromatic amines is 1. The molecule has 88 valence electrons. The molecule has 1 aromatic carbocycles. The third-order valence-corrected chi connectivity index (χ3v) is 4.06. The average molecular weight is 228 g/mol. The van der Waals surface area contributed by atoms with Crippen LogP contribution in [0.15, 0.2) is 24.3 Å². The summed E-state index contributed by atoms with van der Waals surface area (Å²) in [6.07, 6.45) is 2.25. The van der Waals surface area contributed by atoms with Gasteiger partial charge in [-0.1, -0.05) is 18.2 Å². The number of rotatable bonds is 0. The SMILES string of the molecule is c1ccc2c3c([nH]c2c1)[C@@H]1CCOCN1CC3. The predicted octanol–water partition coefficient (Wildman–Crippen LogP) is 2.44. The van der Waals surface area contributed by atoms with E-state index in [4.69, 9.17) is 4.74 Å². The third-order valence-electron chi connectivity index (χ3n) is 4.06. The van der Waals surface area contributed by atoms with Crippen molar-refractivity contribution in [2.24, 2.45) is 0 Å². The second kappa shape index (κ2) is 3.59. The largest absolute Gasteiger partial charge is 0.366 e. The molecule has 3 nitrogen and oxygen atoms in total. The minimum Gasteiger partial charge on any atom is -0.366 e. The summed E-state index contributed by atoms with van der Waals surface area (Å²) in [4.78, 5) is 6.06. The van der Waals surface area contributed by atoms with E-state index in [0.717, 1.165) is 32.7 Å². The van der Waals surface area contributed by atoms with Crippen molar-refractivity contribution in [3.8, 4) is 0 Å². The molecule has 1 aromatic heterocycles. The minimum absolute atomic E-state index is 0.542. The van der Waals surface area contributed by atoms with Crippen molar-refractivity contribution in [2.75, 3.05) is 19.9 Å². The Kier molecular flexibility index (Phi) is 2.04. The lowest BCUT2D eigenvalue weighted by Gasteiger charge is -2.38. The van der Waals surface area contributed by atoms with E-state index in [0.29, 0.717) is 6.04 Å². The zero-order valence-electron chi connectivity index (χ0n) is 9.78. The molecule has 4 rings (SSSR count). The van der Waals surface area contributed by atoms with E-state index in [1.165, 1.54) is 22.2 Å². The van der Waals surface area contributed by atoms with Gasteiger partial charge < -0.3 is 9.72 Å². The fraction of sp³-hybridized carbons (Fsp3) is 0.429. The van der Waals surface area contributed by atoms with Crippen LogP contribution in [0.2, 0.25) is 0 Å². The van der Waals surface area contributed by atoms with Crippen LogP contribution in [0.3, 0.4) is 0 Å². The Morgan fingerprint density at radius 2 is 2.24 bits per heavy atom. The Balaban J connectivity index is 1.89. The molecule has 0 saturated carbocycles. The number of benzene rings is 1. The maximum Gasteiger partial charge on any atom is 0.0995 e. The van der Waals surface area contributed by atoms with E-state index in [1.807, 2.05) is 0 Å². The first-order valence-electron chi connectivity index (χ1n) is 6.35. The number of H-pyrrole nitrogens is 1. The number of ether oxygens (including phenoxy) is 1. The van der Waals surface area contributed by atoms with Crippen LogP contribution in [-0.4, -0.2) is 29.8 Å². The monoisotopic (exact) mass is 228 g/mol. The second-order valence-electron chi connectivity index (χ2n) is 4.97. The van der Waals surface area contributed by atoms with Gasteiger partial charge in [0.2, 0.25) is 0 Å². The zero-order chi connectivity index (χ0) is 11.2. The molecule has 2 aliphatic heterocycles. The Hall–Kier alpha value is -1.32. The van der Waals surface area contributed by atoms with Crippen LogP contribution in [0, 0.1) is 0 Å². The van der Waals surface area contributed by atoms with Crippen molar-refractivity contribution in [2.45, 2.75) is 18.9 Å². The van der Waals surface area contributed by atoms with Crippen LogP contribution in [0.4, 0.5) is 0 Å². The number of para-hydroxylation sites is 1. The van der Waals surface area contributed by atoms with Crippen molar-refractivity contribution in [3.63, 3.8) is 0 Å². The van der Waals surface area contributed by atoms with Crippen molar-refractivity contribution in [1.82, 2.24) is 9.88 Å². The number of aromatic nitrogens is 1. The van der Waals surface area contributed by atoms with Gasteiger partial charge in [-0.15, -0.1) is 0 Å². The standard InChI is InChI=1S/C14H16N2O/c1-2-4-12-10(3-1)11-5-7-16-9-17-8-6-13(16)14(11)15-12/h1-4,13,15H,5-9H2/t13-/m0/s1. The Bertz CT molecular complexity index is 560. The van der Waals surface area contributed by atoms with E-state index < -0.39 is 0 Å². The van der Waals surface area contributed by atoms with Crippen LogP contribution < -0.4 is 0 Å². The van der Waals surface area contributed by atoms with Crippen molar-refractivity contribution >= 4 is 10.9 Å². The number of nitrogens with one attached hydrogen (secondary N) is 1. The van der Waals surface area contributed by atoms with Crippen LogP contribution in [0.5, 0.6) is 0 Å². The molecule has 2 aliphatic rings. The second-order valence-corrected chi connectivity index (χ2v) is 4.97. The maximum atomic E-state index is 5.54. The molecule has 1 fully saturated rings. The lowest BCUT2D eigenvalue weighted by atomic mass is 9.95. The van der Waals surface area contributed by atoms with Gasteiger partial charge in [0.05, 0.1) is 19.4 Å². The third kappa shape index (κ3) is 1.36. The van der Waals surface area contributed by atoms with Gasteiger partial charge in [0.25, 0.3) is 0 Å². The molecule has 1 saturated heterocycles. The fourth-order valence-electron chi connectivity index (χ4n) is 3.23. The number of hydrogen-bond donors (Lipinski definition) is 1. The molecule has 1 N–H and O–H groups in total. The van der Waals surface area contributed by atoms with Gasteiger partial charge in [-0.05, 0) is 24.5 Å². The van der Waals surface area contributed by atoms with Gasteiger partial charge in [0, 0.05) is 23.1 Å². The quantitative estimate of drug-likeness (QED) is 0.750. The Morgan fingerprint density at radius 3 is 3.24 bits per heavy atom. The zero-order valence-corrected chi connectivity index (χ0v) is 9.78. The maximum absolute atomic E-state index is 5.54. The van der Waals surface area contributed by atoms with Crippen LogP contribution in [-0.2, 0) is 11.2 Å². The first kappa shape index (κ1) is 9.68. The molecule has 17 heavy (non-hydrogen) atoms. The number of nitrogens with zero attached hydrogens (tertiary/aromatic N) is 1. The van der Waals surface area contributed by atoms with Gasteiger partial charge in [-0.3, -0.25) is 4.90 Å². The van der Waals surface area contributed by atoms with Crippen LogP contribution >= 0.6 is 0 Å². The number of fused-ring (bicyclic) bond motifs is 5. The van der Waals surface area contributed by atoms with Crippen molar-refractivity contribution in [3.05, 3.63) is 35.5 Å². The van der Waals surface area contributed by atoms with E-state index in [9.17, 15) is 0 Å². The van der Waals surface area contributed by atoms with E-state index in [2.05, 4.69) is 34.1 Å². The van der Waals surface area contributed by atoms with Gasteiger partial charge in [0.1, 0.15) is 0 Å². The summed E-state index contributed by atoms with van der Waals surface area (Å²) in [6, 6.07) is 9.19. The highest BCUT2D eigenvalue weighted by atomic mass is 16.5. The summed E-state index contributed by atoms with van der Waals surface area (Å²) in [5.74, 6) is 0. The Labute approximate surface area is 100 Å². The van der Waals surface area contributed by atoms with Gasteiger partial charge in [0.15, 0.2) is 0 Å². The van der Waals surface area contributed by atoms with E-state index >= 15 is 0 Å². The summed E-state index contributed by atoms with van der Waals surface area (Å²) >= 11 is 0. The Morgan fingerprint density at radius 1 is 1.29 bits per heavy atom. The summed E-state index contributed by atoms with van der Waals surface area (Å²) in [6.45, 7) is 2.80. The van der Waals surface area contributed by atoms with Crippen LogP contribution in [0.1, 0.15) is 23.7 Å². The highest BCUT2D eigenvalue weighted by Gasteiger charge is 2.32. The normalized spacial score (nSPS) is 24.6. The summed E-state index contributed by atoms with van der Waals surface area (Å²) in [7, 11) is 0. The minimum atomic E-state index is 0.542.